The summed E-state index contributed by atoms with van der Waals surface area (Å²) in [5.74, 6) is -0.752. The summed E-state index contributed by atoms with van der Waals surface area (Å²) in [6, 6.07) is 0.345. The van der Waals surface area contributed by atoms with Gasteiger partial charge in [-0.25, -0.2) is 9.78 Å². The second-order valence-electron chi connectivity index (χ2n) is 3.76. The van der Waals surface area contributed by atoms with Crippen LogP contribution in [0.25, 0.3) is 0 Å². The molecule has 2 rings (SSSR count). The number of aromatic nitrogens is 2. The van der Waals surface area contributed by atoms with Crippen molar-refractivity contribution in [3.05, 3.63) is 18.2 Å². The molecule has 4 nitrogen and oxygen atoms in total. The van der Waals surface area contributed by atoms with Crippen LogP contribution in [0.1, 0.15) is 48.8 Å². The van der Waals surface area contributed by atoms with Gasteiger partial charge in [-0.1, -0.05) is 19.3 Å². The number of carboxylic acids is 1. The van der Waals surface area contributed by atoms with E-state index >= 15 is 0 Å². The fourth-order valence-electron chi connectivity index (χ4n) is 2.13. The largest absolute Gasteiger partial charge is 0.475 e. The molecule has 4 heteroatoms. The predicted octanol–water partition coefficient (Wildman–Crippen LogP) is 2.09. The van der Waals surface area contributed by atoms with E-state index in [1.165, 1.54) is 19.3 Å². The zero-order valence-electron chi connectivity index (χ0n) is 8.02. The molecule has 1 fully saturated rings. The number of rotatable bonds is 2. The van der Waals surface area contributed by atoms with Gasteiger partial charge in [0, 0.05) is 18.4 Å². The highest BCUT2D eigenvalue weighted by Crippen LogP contribution is 2.28. The molecule has 0 atom stereocenters. The highest BCUT2D eigenvalue weighted by atomic mass is 16.4. The highest BCUT2D eigenvalue weighted by Gasteiger charge is 2.20. The van der Waals surface area contributed by atoms with Crippen LogP contribution in [-0.4, -0.2) is 20.6 Å². The topological polar surface area (TPSA) is 55.1 Å². The smallest absolute Gasteiger partial charge is 0.372 e. The van der Waals surface area contributed by atoms with E-state index in [4.69, 9.17) is 5.11 Å². The minimum atomic E-state index is -0.930. The van der Waals surface area contributed by atoms with Gasteiger partial charge in [0.05, 0.1) is 0 Å². The first-order valence-corrected chi connectivity index (χ1v) is 5.05. The van der Waals surface area contributed by atoms with Crippen molar-refractivity contribution in [3.8, 4) is 0 Å². The molecule has 76 valence electrons. The third-order valence-electron chi connectivity index (χ3n) is 2.83. The Kier molecular flexibility index (Phi) is 2.52. The summed E-state index contributed by atoms with van der Waals surface area (Å²) in [7, 11) is 0. The van der Waals surface area contributed by atoms with Gasteiger partial charge in [0.25, 0.3) is 0 Å². The van der Waals surface area contributed by atoms with Crippen molar-refractivity contribution < 1.29 is 9.90 Å². The Balaban J connectivity index is 2.21. The predicted molar refractivity (Wildman–Crippen MR) is 51.3 cm³/mol. The van der Waals surface area contributed by atoms with E-state index in [9.17, 15) is 4.79 Å². The molecule has 1 aliphatic rings. The third kappa shape index (κ3) is 1.64. The summed E-state index contributed by atoms with van der Waals surface area (Å²) in [6.07, 6.45) is 9.17. The number of hydrogen-bond acceptors (Lipinski definition) is 2. The minimum Gasteiger partial charge on any atom is -0.475 e. The summed E-state index contributed by atoms with van der Waals surface area (Å²) in [6.45, 7) is 0. The average molecular weight is 194 g/mol. The lowest BCUT2D eigenvalue weighted by Gasteiger charge is -2.23. The number of aromatic carboxylic acids is 1. The summed E-state index contributed by atoms with van der Waals surface area (Å²) in [4.78, 5) is 14.7. The Labute approximate surface area is 82.6 Å². The lowest BCUT2D eigenvalue weighted by Crippen LogP contribution is -2.17. The Morgan fingerprint density at radius 2 is 2.14 bits per heavy atom. The van der Waals surface area contributed by atoms with Crippen LogP contribution in [0.5, 0.6) is 0 Å². The van der Waals surface area contributed by atoms with E-state index < -0.39 is 5.97 Å². The van der Waals surface area contributed by atoms with E-state index in [1.807, 2.05) is 4.57 Å². The molecule has 0 spiro atoms. The summed E-state index contributed by atoms with van der Waals surface area (Å²) >= 11 is 0. The first-order valence-electron chi connectivity index (χ1n) is 5.05. The summed E-state index contributed by atoms with van der Waals surface area (Å²) in [5, 5.41) is 8.90. The second kappa shape index (κ2) is 3.82. The Bertz CT molecular complexity index is 327. The number of hydrogen-bond donors (Lipinski definition) is 1. The normalized spacial score (nSPS) is 18.3. The van der Waals surface area contributed by atoms with Crippen molar-refractivity contribution >= 4 is 5.97 Å². The molecule has 1 saturated carbocycles. The monoisotopic (exact) mass is 194 g/mol. The van der Waals surface area contributed by atoms with E-state index in [1.54, 1.807) is 12.4 Å². The fourth-order valence-corrected chi connectivity index (χ4v) is 2.13. The quantitative estimate of drug-likeness (QED) is 0.784. The maximum atomic E-state index is 10.8. The molecule has 1 aromatic heterocycles. The van der Waals surface area contributed by atoms with E-state index in [2.05, 4.69) is 4.98 Å². The van der Waals surface area contributed by atoms with Crippen LogP contribution in [0.4, 0.5) is 0 Å². The molecule has 0 radical (unpaired) electrons. The second-order valence-corrected chi connectivity index (χ2v) is 3.76. The first kappa shape index (κ1) is 9.24. The zero-order chi connectivity index (χ0) is 9.97. The third-order valence-corrected chi connectivity index (χ3v) is 2.83. The molecule has 1 aliphatic carbocycles. The van der Waals surface area contributed by atoms with Crippen LogP contribution >= 0.6 is 0 Å². The SMILES string of the molecule is O=C(O)c1nccn1C1CCCCC1. The first-order chi connectivity index (χ1) is 6.79. The van der Waals surface area contributed by atoms with Gasteiger partial charge in [0.15, 0.2) is 0 Å². The molecular formula is C10H14N2O2. The Morgan fingerprint density at radius 1 is 1.43 bits per heavy atom. The zero-order valence-corrected chi connectivity index (χ0v) is 8.02. The summed E-state index contributed by atoms with van der Waals surface area (Å²) < 4.78 is 1.81. The average Bonchev–Trinajstić information content (AvgIpc) is 2.67. The van der Waals surface area contributed by atoms with Crippen molar-refractivity contribution in [2.75, 3.05) is 0 Å². The van der Waals surface area contributed by atoms with Crippen molar-refractivity contribution in [3.63, 3.8) is 0 Å². The minimum absolute atomic E-state index is 0.178. The number of imidazole rings is 1. The molecule has 0 saturated heterocycles. The fraction of sp³-hybridized carbons (Fsp3) is 0.600. The van der Waals surface area contributed by atoms with Crippen molar-refractivity contribution in [1.82, 2.24) is 9.55 Å². The maximum Gasteiger partial charge on any atom is 0.372 e. The van der Waals surface area contributed by atoms with Crippen molar-refractivity contribution in [2.24, 2.45) is 0 Å². The molecule has 1 aromatic rings. The van der Waals surface area contributed by atoms with E-state index in [-0.39, 0.29) is 5.82 Å². The lowest BCUT2D eigenvalue weighted by atomic mass is 9.95. The van der Waals surface area contributed by atoms with Crippen LogP contribution in [0.15, 0.2) is 12.4 Å². The lowest BCUT2D eigenvalue weighted by molar-refractivity contribution is 0.0673. The van der Waals surface area contributed by atoms with Gasteiger partial charge >= 0.3 is 5.97 Å². The number of nitrogens with zero attached hydrogens (tertiary/aromatic N) is 2. The van der Waals surface area contributed by atoms with Crippen LogP contribution in [0, 0.1) is 0 Å². The molecule has 0 aromatic carbocycles. The molecule has 0 bridgehead atoms. The maximum absolute atomic E-state index is 10.8. The van der Waals surface area contributed by atoms with Gasteiger partial charge in [0.1, 0.15) is 0 Å². The standard InChI is InChI=1S/C10H14N2O2/c13-10(14)9-11-6-7-12(9)8-4-2-1-3-5-8/h6-8H,1-5H2,(H,13,14). The molecule has 0 aliphatic heterocycles. The van der Waals surface area contributed by atoms with Gasteiger partial charge in [0.2, 0.25) is 5.82 Å². The van der Waals surface area contributed by atoms with Crippen LogP contribution in [0.2, 0.25) is 0 Å². The van der Waals surface area contributed by atoms with Gasteiger partial charge < -0.3 is 9.67 Å². The van der Waals surface area contributed by atoms with Crippen molar-refractivity contribution in [1.29, 1.82) is 0 Å². The summed E-state index contributed by atoms with van der Waals surface area (Å²) in [5.41, 5.74) is 0. The van der Waals surface area contributed by atoms with Crippen LogP contribution < -0.4 is 0 Å². The Morgan fingerprint density at radius 3 is 2.79 bits per heavy atom. The van der Waals surface area contributed by atoms with Crippen molar-refractivity contribution in [2.45, 2.75) is 38.1 Å². The van der Waals surface area contributed by atoms with E-state index in [0.29, 0.717) is 6.04 Å². The Hall–Kier alpha value is -1.32. The van der Waals surface area contributed by atoms with Gasteiger partial charge in [-0.15, -0.1) is 0 Å². The van der Waals surface area contributed by atoms with E-state index in [0.717, 1.165) is 12.8 Å². The molecular weight excluding hydrogens is 180 g/mol. The molecule has 0 amide bonds. The van der Waals surface area contributed by atoms with Gasteiger partial charge in [-0.3, -0.25) is 0 Å². The van der Waals surface area contributed by atoms with Gasteiger partial charge in [-0.05, 0) is 12.8 Å². The van der Waals surface area contributed by atoms with Crippen LogP contribution in [0.3, 0.4) is 0 Å². The highest BCUT2D eigenvalue weighted by molar-refractivity contribution is 5.83. The number of carbonyl (C=O) groups is 1. The van der Waals surface area contributed by atoms with Gasteiger partial charge in [-0.2, -0.15) is 0 Å². The molecule has 1 N–H and O–H groups in total. The number of carboxylic acid groups (broad SMARTS) is 1. The molecule has 1 heterocycles. The molecule has 14 heavy (non-hydrogen) atoms. The molecule has 0 unspecified atom stereocenters. The van der Waals surface area contributed by atoms with Crippen LogP contribution in [-0.2, 0) is 0 Å².